The Bertz CT molecular complexity index is 1140. The summed E-state index contributed by atoms with van der Waals surface area (Å²) in [6.45, 7) is 1.77. The second-order valence-electron chi connectivity index (χ2n) is 11.2. The van der Waals surface area contributed by atoms with E-state index in [0.29, 0.717) is 28.9 Å². The van der Waals surface area contributed by atoms with E-state index in [2.05, 4.69) is 27.5 Å². The Morgan fingerprint density at radius 3 is 2.61 bits per heavy atom. The molecule has 198 valence electrons. The van der Waals surface area contributed by atoms with Crippen molar-refractivity contribution in [2.45, 2.75) is 68.6 Å². The Kier molecular flexibility index (Phi) is 6.64. The first-order valence-corrected chi connectivity index (χ1v) is 14.1. The highest BCUT2D eigenvalue weighted by atomic mass is 32.2. The van der Waals surface area contributed by atoms with Crippen molar-refractivity contribution in [3.8, 4) is 0 Å². The number of nitrogens with one attached hydrogen (secondary N) is 3. The molecule has 4 heterocycles. The first kappa shape index (κ1) is 24.8. The van der Waals surface area contributed by atoms with Crippen LogP contribution in [-0.4, -0.2) is 45.5 Å². The molecule has 5 unspecified atom stereocenters. The Balaban J connectivity index is 1.38. The molecule has 6 rings (SSSR count). The SMILES string of the molecule is CN1CNNC1[C@@H](C1CCC1)C1CC(C2CCNS2)CC(n2cc3c(C(F)(F)F)cccn3c2=O)C1. The summed E-state index contributed by atoms with van der Waals surface area (Å²) in [7, 11) is 2.14. The molecule has 6 atom stereocenters. The standard InChI is InChI=1S/C25H35F3N6OS/c1-32-14-29-31-23(32)22(15-4-2-5-15)17-10-16(21-7-8-30-36-21)11-18(12-17)34-13-20-19(25(26,27)28)6-3-9-33(20)24(34)35/h3,6,9,13,15-18,21-23,29-31H,2,4-5,7-8,10-12,14H2,1H3/t16?,17?,18?,21?,22-,23?/m0/s1. The van der Waals surface area contributed by atoms with E-state index in [0.717, 1.165) is 45.0 Å². The van der Waals surface area contributed by atoms with Gasteiger partial charge in [-0.2, -0.15) is 13.2 Å². The van der Waals surface area contributed by atoms with Gasteiger partial charge < -0.3 is 0 Å². The number of rotatable bonds is 5. The van der Waals surface area contributed by atoms with Gasteiger partial charge in [-0.1, -0.05) is 31.2 Å². The van der Waals surface area contributed by atoms with Gasteiger partial charge >= 0.3 is 11.9 Å². The number of nitrogens with zero attached hydrogens (tertiary/aromatic N) is 3. The van der Waals surface area contributed by atoms with Crippen LogP contribution in [-0.2, 0) is 6.18 Å². The molecule has 0 amide bonds. The molecule has 2 saturated heterocycles. The van der Waals surface area contributed by atoms with Crippen molar-refractivity contribution in [3.05, 3.63) is 40.6 Å². The highest BCUT2D eigenvalue weighted by molar-refractivity contribution is 7.98. The number of hydrogen-bond acceptors (Lipinski definition) is 6. The van der Waals surface area contributed by atoms with Crippen molar-refractivity contribution in [1.82, 2.24) is 29.4 Å². The summed E-state index contributed by atoms with van der Waals surface area (Å²) in [6.07, 6.45) is 6.23. The Hall–Kier alpha value is -1.53. The van der Waals surface area contributed by atoms with Crippen molar-refractivity contribution in [2.24, 2.45) is 23.7 Å². The van der Waals surface area contributed by atoms with Crippen LogP contribution < -0.4 is 21.3 Å². The molecule has 2 aliphatic heterocycles. The third-order valence-corrected chi connectivity index (χ3v) is 10.4. The van der Waals surface area contributed by atoms with Gasteiger partial charge in [-0.05, 0) is 68.5 Å². The second kappa shape index (κ2) is 9.65. The smallest absolute Gasteiger partial charge is 0.295 e. The number of halogens is 3. The Morgan fingerprint density at radius 2 is 1.97 bits per heavy atom. The normalized spacial score (nSPS) is 33.3. The minimum atomic E-state index is -4.50. The molecule has 0 spiro atoms. The Morgan fingerprint density at radius 1 is 1.14 bits per heavy atom. The minimum absolute atomic E-state index is 0.0532. The summed E-state index contributed by atoms with van der Waals surface area (Å²) in [5.74, 6) is 1.91. The highest BCUT2D eigenvalue weighted by Gasteiger charge is 2.46. The fraction of sp³-hybridized carbons (Fsp3) is 0.720. The average molecular weight is 525 g/mol. The largest absolute Gasteiger partial charge is 0.418 e. The van der Waals surface area contributed by atoms with Gasteiger partial charge in [0.05, 0.1) is 23.9 Å². The van der Waals surface area contributed by atoms with Crippen LogP contribution in [0.3, 0.4) is 0 Å². The van der Waals surface area contributed by atoms with Gasteiger partial charge in [0.1, 0.15) is 0 Å². The van der Waals surface area contributed by atoms with Crippen molar-refractivity contribution >= 4 is 17.5 Å². The summed E-state index contributed by atoms with van der Waals surface area (Å²) in [5, 5.41) is 0.475. The first-order chi connectivity index (χ1) is 17.3. The predicted octanol–water partition coefficient (Wildman–Crippen LogP) is 3.83. The first-order valence-electron chi connectivity index (χ1n) is 13.2. The van der Waals surface area contributed by atoms with Crippen molar-refractivity contribution in [2.75, 3.05) is 20.3 Å². The monoisotopic (exact) mass is 524 g/mol. The molecule has 2 aliphatic carbocycles. The van der Waals surface area contributed by atoms with Crippen molar-refractivity contribution < 1.29 is 13.2 Å². The van der Waals surface area contributed by atoms with Crippen LogP contribution in [0.2, 0.25) is 0 Å². The summed E-state index contributed by atoms with van der Waals surface area (Å²) in [6, 6.07) is 2.27. The predicted molar refractivity (Wildman–Crippen MR) is 134 cm³/mol. The summed E-state index contributed by atoms with van der Waals surface area (Å²) < 4.78 is 47.4. The number of fused-ring (bicyclic) bond motifs is 1. The molecule has 7 nitrogen and oxygen atoms in total. The van der Waals surface area contributed by atoms with E-state index in [1.807, 2.05) is 0 Å². The number of pyridine rings is 1. The topological polar surface area (TPSA) is 65.7 Å². The van der Waals surface area contributed by atoms with E-state index < -0.39 is 11.7 Å². The van der Waals surface area contributed by atoms with E-state index in [1.165, 1.54) is 42.1 Å². The van der Waals surface area contributed by atoms with Crippen LogP contribution in [0.25, 0.3) is 5.52 Å². The quantitative estimate of drug-likeness (QED) is 0.517. The molecule has 2 saturated carbocycles. The molecule has 3 N–H and O–H groups in total. The van der Waals surface area contributed by atoms with Crippen molar-refractivity contribution in [1.29, 1.82) is 0 Å². The van der Waals surface area contributed by atoms with Gasteiger partial charge in [-0.25, -0.2) is 15.6 Å². The maximum atomic E-state index is 13.7. The Labute approximate surface area is 213 Å². The average Bonchev–Trinajstić information content (AvgIpc) is 3.56. The van der Waals surface area contributed by atoms with Crippen LogP contribution >= 0.6 is 11.9 Å². The molecule has 2 aromatic rings. The molecule has 0 bridgehead atoms. The summed E-state index contributed by atoms with van der Waals surface area (Å²) >= 11 is 1.81. The number of alkyl halides is 3. The lowest BCUT2D eigenvalue weighted by Crippen LogP contribution is -2.51. The van der Waals surface area contributed by atoms with Crippen LogP contribution in [0, 0.1) is 23.7 Å². The molecule has 36 heavy (non-hydrogen) atoms. The molecule has 4 fully saturated rings. The van der Waals surface area contributed by atoms with Gasteiger partial charge in [0, 0.05) is 30.2 Å². The molecule has 2 aromatic heterocycles. The van der Waals surface area contributed by atoms with Crippen LogP contribution in [0.4, 0.5) is 13.2 Å². The van der Waals surface area contributed by atoms with Gasteiger partial charge in [0.25, 0.3) is 0 Å². The lowest BCUT2D eigenvalue weighted by atomic mass is 9.62. The molecule has 0 aromatic carbocycles. The highest BCUT2D eigenvalue weighted by Crippen LogP contribution is 2.50. The van der Waals surface area contributed by atoms with E-state index in [1.54, 1.807) is 16.5 Å². The minimum Gasteiger partial charge on any atom is -0.295 e. The zero-order chi connectivity index (χ0) is 25.0. The van der Waals surface area contributed by atoms with Gasteiger partial charge in [0.15, 0.2) is 0 Å². The van der Waals surface area contributed by atoms with Crippen LogP contribution in [0.15, 0.2) is 29.3 Å². The summed E-state index contributed by atoms with van der Waals surface area (Å²) in [4.78, 5) is 15.8. The molecular formula is C25H35F3N6OS. The van der Waals surface area contributed by atoms with Crippen LogP contribution in [0.5, 0.6) is 0 Å². The fourth-order valence-corrected chi connectivity index (χ4v) is 8.31. The van der Waals surface area contributed by atoms with E-state index in [4.69, 9.17) is 0 Å². The lowest BCUT2D eigenvalue weighted by Gasteiger charge is -2.48. The molecular weight excluding hydrogens is 489 g/mol. The molecule has 11 heteroatoms. The number of hydrazine groups is 1. The fourth-order valence-electron chi connectivity index (χ4n) is 7.21. The van der Waals surface area contributed by atoms with Crippen LogP contribution in [0.1, 0.15) is 56.6 Å². The van der Waals surface area contributed by atoms with Gasteiger partial charge in [0.2, 0.25) is 0 Å². The third-order valence-electron chi connectivity index (χ3n) is 9.12. The maximum absolute atomic E-state index is 13.7. The lowest BCUT2D eigenvalue weighted by molar-refractivity contribution is -0.136. The molecule has 0 radical (unpaired) electrons. The third kappa shape index (κ3) is 4.40. The second-order valence-corrected chi connectivity index (χ2v) is 12.3. The number of aromatic nitrogens is 2. The molecule has 4 aliphatic rings. The van der Waals surface area contributed by atoms with E-state index in [9.17, 15) is 18.0 Å². The number of hydrogen-bond donors (Lipinski definition) is 3. The maximum Gasteiger partial charge on any atom is 0.418 e. The van der Waals surface area contributed by atoms with Gasteiger partial charge in [-0.3, -0.25) is 18.6 Å². The summed E-state index contributed by atoms with van der Waals surface area (Å²) in [5.41, 5.74) is 5.63. The zero-order valence-electron chi connectivity index (χ0n) is 20.5. The number of imidazole rings is 1. The van der Waals surface area contributed by atoms with Crippen molar-refractivity contribution in [3.63, 3.8) is 0 Å². The van der Waals surface area contributed by atoms with E-state index in [-0.39, 0.29) is 23.4 Å². The van der Waals surface area contributed by atoms with E-state index >= 15 is 0 Å². The van der Waals surface area contributed by atoms with Gasteiger partial charge in [-0.15, -0.1) is 0 Å². The zero-order valence-corrected chi connectivity index (χ0v) is 21.3.